The summed E-state index contributed by atoms with van der Waals surface area (Å²) >= 11 is 0. The summed E-state index contributed by atoms with van der Waals surface area (Å²) in [7, 11) is 0. The molecule has 3 rings (SSSR count). The van der Waals surface area contributed by atoms with Crippen molar-refractivity contribution in [3.63, 3.8) is 0 Å². The summed E-state index contributed by atoms with van der Waals surface area (Å²) in [6, 6.07) is 3.02. The highest BCUT2D eigenvalue weighted by atomic mass is 16.5. The van der Waals surface area contributed by atoms with Crippen LogP contribution in [0.4, 0.5) is 0 Å². The van der Waals surface area contributed by atoms with Gasteiger partial charge in [-0.25, -0.2) is 0 Å². The van der Waals surface area contributed by atoms with E-state index in [9.17, 15) is 14.7 Å². The van der Waals surface area contributed by atoms with Gasteiger partial charge in [0, 0.05) is 24.5 Å². The number of aliphatic hydroxyl groups excluding tert-OH is 1. The molecule has 1 aliphatic carbocycles. The summed E-state index contributed by atoms with van der Waals surface area (Å²) in [6.45, 7) is 0.557. The van der Waals surface area contributed by atoms with Crippen LogP contribution in [0.25, 0.3) is 0 Å². The lowest BCUT2D eigenvalue weighted by molar-refractivity contribution is -0.131. The molecule has 2 fully saturated rings. The summed E-state index contributed by atoms with van der Waals surface area (Å²) in [5, 5.41) is 15.6. The van der Waals surface area contributed by atoms with Crippen LogP contribution in [0, 0.1) is 5.92 Å². The lowest BCUT2D eigenvalue weighted by Gasteiger charge is -2.36. The van der Waals surface area contributed by atoms with E-state index in [1.54, 1.807) is 24.5 Å². The molecule has 0 unspecified atom stereocenters. The van der Waals surface area contributed by atoms with Crippen LogP contribution in [-0.2, 0) is 9.53 Å². The number of carbonyl (C=O) groups excluding carboxylic acids is 2. The fraction of sp³-hybridized carbons (Fsp3) is 0.667. The standard InChI is InChI=1S/C21H31N3O4/c25-14-19-18(24-21(27)16-8-10-22-11-9-16)7-6-17(28-19)12-20(26)23-13-15-4-2-1-3-5-15/h8-11,15,17-19,25H,1-7,12-14H2,(H,23,26)(H,24,27)/t17-,18-,19+/m0/s1. The van der Waals surface area contributed by atoms with Crippen LogP contribution in [0.15, 0.2) is 24.5 Å². The monoisotopic (exact) mass is 389 g/mol. The molecule has 1 saturated carbocycles. The van der Waals surface area contributed by atoms with Gasteiger partial charge < -0.3 is 20.5 Å². The van der Waals surface area contributed by atoms with E-state index < -0.39 is 6.10 Å². The molecule has 2 aliphatic rings. The Morgan fingerprint density at radius 3 is 2.57 bits per heavy atom. The van der Waals surface area contributed by atoms with Crippen molar-refractivity contribution >= 4 is 11.8 Å². The molecule has 2 amide bonds. The number of nitrogens with one attached hydrogen (secondary N) is 2. The first-order valence-corrected chi connectivity index (χ1v) is 10.4. The zero-order valence-corrected chi connectivity index (χ0v) is 16.3. The lowest BCUT2D eigenvalue weighted by atomic mass is 9.89. The average Bonchev–Trinajstić information content (AvgIpc) is 2.74. The lowest BCUT2D eigenvalue weighted by Crippen LogP contribution is -2.51. The first-order valence-electron chi connectivity index (χ1n) is 10.4. The Morgan fingerprint density at radius 2 is 1.86 bits per heavy atom. The molecule has 7 heteroatoms. The number of nitrogens with zero attached hydrogens (tertiary/aromatic N) is 1. The van der Waals surface area contributed by atoms with Crippen LogP contribution >= 0.6 is 0 Å². The first kappa shape index (κ1) is 20.7. The highest BCUT2D eigenvalue weighted by molar-refractivity contribution is 5.94. The van der Waals surface area contributed by atoms with Crippen LogP contribution < -0.4 is 10.6 Å². The highest BCUT2D eigenvalue weighted by Gasteiger charge is 2.33. The van der Waals surface area contributed by atoms with Crippen molar-refractivity contribution < 1.29 is 19.4 Å². The SMILES string of the molecule is O=C(C[C@@H]1CC[C@H](NC(=O)c2ccncc2)[C@@H](CO)O1)NCC1CCCCC1. The molecule has 154 valence electrons. The highest BCUT2D eigenvalue weighted by Crippen LogP contribution is 2.24. The number of hydrogen-bond acceptors (Lipinski definition) is 5. The molecule has 28 heavy (non-hydrogen) atoms. The molecular formula is C21H31N3O4. The van der Waals surface area contributed by atoms with Crippen molar-refractivity contribution in [2.75, 3.05) is 13.2 Å². The van der Waals surface area contributed by atoms with Gasteiger partial charge in [0.25, 0.3) is 5.91 Å². The third kappa shape index (κ3) is 6.01. The summed E-state index contributed by atoms with van der Waals surface area (Å²) in [5.41, 5.74) is 0.524. The molecule has 1 saturated heterocycles. The van der Waals surface area contributed by atoms with E-state index in [1.807, 2.05) is 0 Å². The number of ether oxygens (including phenoxy) is 1. The van der Waals surface area contributed by atoms with Gasteiger partial charge in [0.1, 0.15) is 6.10 Å². The smallest absolute Gasteiger partial charge is 0.251 e. The molecule has 3 N–H and O–H groups in total. The zero-order valence-electron chi connectivity index (χ0n) is 16.3. The van der Waals surface area contributed by atoms with Crippen molar-refractivity contribution in [1.82, 2.24) is 15.6 Å². The molecule has 0 spiro atoms. The van der Waals surface area contributed by atoms with Gasteiger partial charge in [-0.15, -0.1) is 0 Å². The Kier molecular flexibility index (Phi) is 7.80. The quantitative estimate of drug-likeness (QED) is 0.660. The fourth-order valence-corrected chi connectivity index (χ4v) is 4.13. The number of hydrogen-bond donors (Lipinski definition) is 3. The fourth-order valence-electron chi connectivity index (χ4n) is 4.13. The first-order chi connectivity index (χ1) is 13.7. The Bertz CT molecular complexity index is 634. The Morgan fingerprint density at radius 1 is 1.11 bits per heavy atom. The molecule has 2 heterocycles. The third-order valence-corrected chi connectivity index (χ3v) is 5.78. The van der Waals surface area contributed by atoms with Crippen LogP contribution in [0.3, 0.4) is 0 Å². The maximum absolute atomic E-state index is 12.3. The maximum atomic E-state index is 12.3. The molecule has 1 aliphatic heterocycles. The minimum absolute atomic E-state index is 0.00605. The van der Waals surface area contributed by atoms with Gasteiger partial charge in [-0.1, -0.05) is 19.3 Å². The van der Waals surface area contributed by atoms with E-state index in [4.69, 9.17) is 4.74 Å². The average molecular weight is 389 g/mol. The van der Waals surface area contributed by atoms with Crippen molar-refractivity contribution in [1.29, 1.82) is 0 Å². The Balaban J connectivity index is 1.43. The number of carbonyl (C=O) groups is 2. The molecular weight excluding hydrogens is 358 g/mol. The number of aromatic nitrogens is 1. The number of rotatable bonds is 7. The molecule has 1 aromatic rings. The van der Waals surface area contributed by atoms with Crippen LogP contribution in [0.2, 0.25) is 0 Å². The minimum atomic E-state index is -0.504. The van der Waals surface area contributed by atoms with E-state index in [2.05, 4.69) is 15.6 Å². The molecule has 7 nitrogen and oxygen atoms in total. The van der Waals surface area contributed by atoms with Crippen LogP contribution in [0.1, 0.15) is 61.7 Å². The van der Waals surface area contributed by atoms with Gasteiger partial charge >= 0.3 is 0 Å². The largest absolute Gasteiger partial charge is 0.394 e. The summed E-state index contributed by atoms with van der Waals surface area (Å²) in [4.78, 5) is 28.5. The summed E-state index contributed by atoms with van der Waals surface area (Å²) in [5.74, 6) is 0.396. The zero-order chi connectivity index (χ0) is 19.8. The maximum Gasteiger partial charge on any atom is 0.251 e. The molecule has 0 aromatic carbocycles. The summed E-state index contributed by atoms with van der Waals surface area (Å²) < 4.78 is 5.91. The second-order valence-electron chi connectivity index (χ2n) is 7.88. The van der Waals surface area contributed by atoms with Gasteiger partial charge in [0.15, 0.2) is 0 Å². The van der Waals surface area contributed by atoms with E-state index in [0.717, 1.165) is 6.54 Å². The molecule has 1 aromatic heterocycles. The van der Waals surface area contributed by atoms with Crippen molar-refractivity contribution in [2.45, 2.75) is 69.6 Å². The van der Waals surface area contributed by atoms with E-state index in [1.165, 1.54) is 32.1 Å². The Hall–Kier alpha value is -1.99. The van der Waals surface area contributed by atoms with Crippen molar-refractivity contribution in [3.8, 4) is 0 Å². The third-order valence-electron chi connectivity index (χ3n) is 5.78. The number of aliphatic hydroxyl groups is 1. The van der Waals surface area contributed by atoms with Gasteiger partial charge in [0.2, 0.25) is 5.91 Å². The summed E-state index contributed by atoms with van der Waals surface area (Å²) in [6.07, 6.45) is 10.3. The predicted octanol–water partition coefficient (Wildman–Crippen LogP) is 1.81. The molecule has 3 atom stereocenters. The second kappa shape index (κ2) is 10.5. The van der Waals surface area contributed by atoms with Crippen LogP contribution in [-0.4, -0.2) is 53.3 Å². The van der Waals surface area contributed by atoms with Gasteiger partial charge in [-0.05, 0) is 43.7 Å². The van der Waals surface area contributed by atoms with E-state index in [0.29, 0.717) is 30.7 Å². The molecule has 0 radical (unpaired) electrons. The van der Waals surface area contributed by atoms with Gasteiger partial charge in [-0.3, -0.25) is 14.6 Å². The predicted molar refractivity (Wildman–Crippen MR) is 105 cm³/mol. The minimum Gasteiger partial charge on any atom is -0.394 e. The van der Waals surface area contributed by atoms with Crippen molar-refractivity contribution in [2.24, 2.45) is 5.92 Å². The number of amides is 2. The van der Waals surface area contributed by atoms with Gasteiger partial charge in [-0.2, -0.15) is 0 Å². The topological polar surface area (TPSA) is 101 Å². The van der Waals surface area contributed by atoms with Crippen LogP contribution in [0.5, 0.6) is 0 Å². The second-order valence-corrected chi connectivity index (χ2v) is 7.88. The van der Waals surface area contributed by atoms with E-state index >= 15 is 0 Å². The van der Waals surface area contributed by atoms with Crippen molar-refractivity contribution in [3.05, 3.63) is 30.1 Å². The Labute approximate surface area is 166 Å². The van der Waals surface area contributed by atoms with E-state index in [-0.39, 0.29) is 30.6 Å². The number of pyridine rings is 1. The van der Waals surface area contributed by atoms with Gasteiger partial charge in [0.05, 0.1) is 25.2 Å². The molecule has 0 bridgehead atoms. The normalized spacial score (nSPS) is 25.8.